The van der Waals surface area contributed by atoms with Crippen molar-refractivity contribution in [3.63, 3.8) is 0 Å². The molecule has 0 saturated carbocycles. The van der Waals surface area contributed by atoms with Gasteiger partial charge >= 0.3 is 0 Å². The second-order valence-corrected chi connectivity index (χ2v) is 2.64. The van der Waals surface area contributed by atoms with Crippen molar-refractivity contribution in [2.24, 2.45) is 0 Å². The van der Waals surface area contributed by atoms with Gasteiger partial charge in [0.2, 0.25) is 0 Å². The Labute approximate surface area is 70.3 Å². The molecule has 0 aromatic heterocycles. The summed E-state index contributed by atoms with van der Waals surface area (Å²) in [6.07, 6.45) is -0.411. The molecule has 0 radical (unpaired) electrons. The van der Waals surface area contributed by atoms with Crippen molar-refractivity contribution in [2.75, 3.05) is 6.73 Å². The highest BCUT2D eigenvalue weighted by atomic mass is 16.5. The van der Waals surface area contributed by atoms with Gasteiger partial charge in [0, 0.05) is 0 Å². The molecule has 1 aliphatic rings. The van der Waals surface area contributed by atoms with Crippen molar-refractivity contribution in [1.82, 2.24) is 5.32 Å². The Bertz CT molecular complexity index is 284. The fraction of sp³-hybridized carbons (Fsp3) is 0.222. The second-order valence-electron chi connectivity index (χ2n) is 2.64. The molecule has 1 saturated heterocycles. The zero-order chi connectivity index (χ0) is 8.39. The van der Waals surface area contributed by atoms with E-state index in [0.717, 1.165) is 5.56 Å². The predicted octanol–water partition coefficient (Wildman–Crippen LogP) is 0.832. The third-order valence-electron chi connectivity index (χ3n) is 1.84. The van der Waals surface area contributed by atoms with E-state index in [1.807, 2.05) is 30.3 Å². The van der Waals surface area contributed by atoms with E-state index in [1.165, 1.54) is 0 Å². The molecule has 0 aliphatic carbocycles. The molecule has 3 nitrogen and oxygen atoms in total. The number of hydrogen-bond acceptors (Lipinski definition) is 2. The first-order valence-corrected chi connectivity index (χ1v) is 3.82. The van der Waals surface area contributed by atoms with E-state index < -0.39 is 6.10 Å². The summed E-state index contributed by atoms with van der Waals surface area (Å²) >= 11 is 0. The summed E-state index contributed by atoms with van der Waals surface area (Å²) in [5.74, 6) is -0.0544. The van der Waals surface area contributed by atoms with Gasteiger partial charge in [-0.3, -0.25) is 4.79 Å². The molecule has 1 aromatic carbocycles. The number of amides is 1. The van der Waals surface area contributed by atoms with Crippen LogP contribution < -0.4 is 5.32 Å². The van der Waals surface area contributed by atoms with Crippen molar-refractivity contribution in [2.45, 2.75) is 6.10 Å². The van der Waals surface area contributed by atoms with Gasteiger partial charge in [0.15, 0.2) is 6.10 Å². The van der Waals surface area contributed by atoms with Crippen LogP contribution in [0.25, 0.3) is 0 Å². The number of nitrogens with one attached hydrogen (secondary N) is 1. The Kier molecular flexibility index (Phi) is 1.80. The summed E-state index contributed by atoms with van der Waals surface area (Å²) in [6.45, 7) is 0.318. The van der Waals surface area contributed by atoms with E-state index in [4.69, 9.17) is 4.74 Å². The number of ether oxygens (including phenoxy) is 1. The van der Waals surface area contributed by atoms with Crippen molar-refractivity contribution < 1.29 is 9.53 Å². The third kappa shape index (κ3) is 1.19. The van der Waals surface area contributed by atoms with Crippen LogP contribution in [0, 0.1) is 0 Å². The Balaban J connectivity index is 2.25. The van der Waals surface area contributed by atoms with E-state index in [1.54, 1.807) is 0 Å². The van der Waals surface area contributed by atoms with Crippen LogP contribution in [0.3, 0.4) is 0 Å². The third-order valence-corrected chi connectivity index (χ3v) is 1.84. The van der Waals surface area contributed by atoms with Crippen molar-refractivity contribution in [1.29, 1.82) is 0 Å². The topological polar surface area (TPSA) is 38.3 Å². The Morgan fingerprint density at radius 1 is 1.33 bits per heavy atom. The maximum atomic E-state index is 11.1. The lowest BCUT2D eigenvalue weighted by Crippen LogP contribution is -2.17. The molecule has 0 spiro atoms. The molecule has 3 heteroatoms. The average Bonchev–Trinajstić information content (AvgIpc) is 2.53. The normalized spacial score (nSPS) is 22.3. The van der Waals surface area contributed by atoms with Crippen molar-refractivity contribution >= 4 is 5.91 Å². The molecule has 12 heavy (non-hydrogen) atoms. The van der Waals surface area contributed by atoms with Crippen LogP contribution in [0.15, 0.2) is 30.3 Å². The molecule has 1 aromatic rings. The molecular formula is C9H9NO2. The van der Waals surface area contributed by atoms with E-state index in [9.17, 15) is 4.79 Å². The summed E-state index contributed by atoms with van der Waals surface area (Å²) in [6, 6.07) is 9.47. The predicted molar refractivity (Wildman–Crippen MR) is 43.3 cm³/mol. The number of carbonyl (C=O) groups is 1. The minimum Gasteiger partial charge on any atom is -0.343 e. The highest BCUT2D eigenvalue weighted by Crippen LogP contribution is 2.19. The molecule has 1 fully saturated rings. The van der Waals surface area contributed by atoms with Crippen molar-refractivity contribution in [3.05, 3.63) is 35.9 Å². The van der Waals surface area contributed by atoms with Gasteiger partial charge in [0.25, 0.3) is 5.91 Å². The molecule has 1 heterocycles. The Morgan fingerprint density at radius 2 is 2.08 bits per heavy atom. The summed E-state index contributed by atoms with van der Waals surface area (Å²) in [4.78, 5) is 11.1. The van der Waals surface area contributed by atoms with Crippen LogP contribution in [0.1, 0.15) is 11.7 Å². The molecular weight excluding hydrogens is 154 g/mol. The van der Waals surface area contributed by atoms with Gasteiger partial charge in [-0.15, -0.1) is 0 Å². The number of carbonyl (C=O) groups excluding carboxylic acids is 1. The molecule has 1 amide bonds. The second kappa shape index (κ2) is 2.95. The van der Waals surface area contributed by atoms with Gasteiger partial charge in [0.1, 0.15) is 6.73 Å². The lowest BCUT2D eigenvalue weighted by atomic mass is 10.1. The van der Waals surface area contributed by atoms with Gasteiger partial charge in [-0.25, -0.2) is 0 Å². The van der Waals surface area contributed by atoms with Crippen LogP contribution in [0.4, 0.5) is 0 Å². The first-order valence-electron chi connectivity index (χ1n) is 3.82. The maximum Gasteiger partial charge on any atom is 0.255 e. The smallest absolute Gasteiger partial charge is 0.255 e. The molecule has 62 valence electrons. The molecule has 1 atom stereocenters. The minimum absolute atomic E-state index is 0.0544. The SMILES string of the molecule is O=C1NCOC1c1ccccc1. The van der Waals surface area contributed by atoms with E-state index in [0.29, 0.717) is 6.73 Å². The summed E-state index contributed by atoms with van der Waals surface area (Å²) in [5.41, 5.74) is 0.910. The van der Waals surface area contributed by atoms with Crippen LogP contribution in [0.2, 0.25) is 0 Å². The summed E-state index contributed by atoms with van der Waals surface area (Å²) < 4.78 is 5.19. The van der Waals surface area contributed by atoms with Crippen LogP contribution in [0.5, 0.6) is 0 Å². The highest BCUT2D eigenvalue weighted by molar-refractivity contribution is 5.83. The standard InChI is InChI=1S/C9H9NO2/c11-9-8(12-6-10-9)7-4-2-1-3-5-7/h1-5,8H,6H2,(H,10,11). The van der Waals surface area contributed by atoms with Crippen LogP contribution in [-0.4, -0.2) is 12.6 Å². The fourth-order valence-corrected chi connectivity index (χ4v) is 1.24. The maximum absolute atomic E-state index is 11.1. The van der Waals surface area contributed by atoms with Gasteiger partial charge in [-0.1, -0.05) is 30.3 Å². The average molecular weight is 163 g/mol. The Hall–Kier alpha value is -1.35. The van der Waals surface area contributed by atoms with Crippen LogP contribution >= 0.6 is 0 Å². The largest absolute Gasteiger partial charge is 0.343 e. The lowest BCUT2D eigenvalue weighted by molar-refractivity contribution is -0.123. The summed E-state index contributed by atoms with van der Waals surface area (Å²) in [5, 5.41) is 2.61. The van der Waals surface area contributed by atoms with Gasteiger partial charge in [-0.05, 0) is 5.56 Å². The molecule has 0 bridgehead atoms. The van der Waals surface area contributed by atoms with E-state index in [2.05, 4.69) is 5.32 Å². The molecule has 1 aliphatic heterocycles. The molecule has 2 rings (SSSR count). The van der Waals surface area contributed by atoms with Gasteiger partial charge < -0.3 is 10.1 Å². The monoisotopic (exact) mass is 163 g/mol. The zero-order valence-corrected chi connectivity index (χ0v) is 6.49. The first kappa shape index (κ1) is 7.31. The number of benzene rings is 1. The van der Waals surface area contributed by atoms with Gasteiger partial charge in [0.05, 0.1) is 0 Å². The van der Waals surface area contributed by atoms with E-state index in [-0.39, 0.29) is 5.91 Å². The minimum atomic E-state index is -0.411. The molecule has 1 unspecified atom stereocenters. The molecule has 1 N–H and O–H groups in total. The van der Waals surface area contributed by atoms with Gasteiger partial charge in [-0.2, -0.15) is 0 Å². The highest BCUT2D eigenvalue weighted by Gasteiger charge is 2.25. The zero-order valence-electron chi connectivity index (χ0n) is 6.49. The number of hydrogen-bond donors (Lipinski definition) is 1. The lowest BCUT2D eigenvalue weighted by Gasteiger charge is -2.04. The summed E-state index contributed by atoms with van der Waals surface area (Å²) in [7, 11) is 0. The number of rotatable bonds is 1. The first-order chi connectivity index (χ1) is 5.88. The van der Waals surface area contributed by atoms with Crippen LogP contribution in [-0.2, 0) is 9.53 Å². The fourth-order valence-electron chi connectivity index (χ4n) is 1.24. The Morgan fingerprint density at radius 3 is 2.67 bits per heavy atom. The van der Waals surface area contributed by atoms with E-state index >= 15 is 0 Å². The quantitative estimate of drug-likeness (QED) is 0.666. The van der Waals surface area contributed by atoms with Crippen molar-refractivity contribution in [3.8, 4) is 0 Å².